The summed E-state index contributed by atoms with van der Waals surface area (Å²) in [6, 6.07) is 4.95. The second-order valence-electron chi connectivity index (χ2n) is 2.92. The van der Waals surface area contributed by atoms with Gasteiger partial charge in [-0.05, 0) is 18.2 Å². The predicted octanol–water partition coefficient (Wildman–Crippen LogP) is 1.37. The lowest BCUT2D eigenvalue weighted by atomic mass is 10.2. The van der Waals surface area contributed by atoms with Crippen molar-refractivity contribution in [3.8, 4) is 0 Å². The number of primary amides is 1. The van der Waals surface area contributed by atoms with E-state index in [1.54, 1.807) is 23.7 Å². The summed E-state index contributed by atoms with van der Waals surface area (Å²) in [5, 5.41) is 7.62. The Kier molecular flexibility index (Phi) is 3.07. The fourth-order valence-electron chi connectivity index (χ4n) is 1.10. The van der Waals surface area contributed by atoms with E-state index < -0.39 is 5.91 Å². The average molecular weight is 252 g/mol. The molecule has 0 saturated heterocycles. The number of nitrogen functional groups attached to an aromatic ring is 1. The largest absolute Gasteiger partial charge is 0.398 e. The van der Waals surface area contributed by atoms with E-state index in [9.17, 15) is 4.79 Å². The molecule has 1 heterocycles. The number of carbonyl (C=O) groups excluding carboxylic acids is 1. The molecule has 1 aromatic carbocycles. The van der Waals surface area contributed by atoms with Crippen molar-refractivity contribution < 1.29 is 4.79 Å². The second-order valence-corrected chi connectivity index (χ2v) is 5.05. The van der Waals surface area contributed by atoms with Gasteiger partial charge in [-0.2, -0.15) is 0 Å². The van der Waals surface area contributed by atoms with Gasteiger partial charge in [0.1, 0.15) is 5.51 Å². The number of hydrogen-bond acceptors (Lipinski definition) is 6. The van der Waals surface area contributed by atoms with Crippen molar-refractivity contribution in [1.82, 2.24) is 10.2 Å². The second kappa shape index (κ2) is 4.50. The van der Waals surface area contributed by atoms with E-state index in [2.05, 4.69) is 10.2 Å². The lowest BCUT2D eigenvalue weighted by Gasteiger charge is -2.03. The van der Waals surface area contributed by atoms with E-state index in [-0.39, 0.29) is 0 Å². The SMILES string of the molecule is NC(=O)c1ccc(Sc2nncs2)c(N)c1. The maximum absolute atomic E-state index is 10.9. The van der Waals surface area contributed by atoms with Gasteiger partial charge in [0, 0.05) is 16.1 Å². The summed E-state index contributed by atoms with van der Waals surface area (Å²) in [5.74, 6) is -0.487. The van der Waals surface area contributed by atoms with Crippen molar-refractivity contribution in [3.63, 3.8) is 0 Å². The fraction of sp³-hybridized carbons (Fsp3) is 0. The Balaban J connectivity index is 2.26. The van der Waals surface area contributed by atoms with Crippen molar-refractivity contribution in [2.45, 2.75) is 9.24 Å². The molecule has 5 nitrogen and oxygen atoms in total. The third-order valence-electron chi connectivity index (χ3n) is 1.83. The third-order valence-corrected chi connectivity index (χ3v) is 3.70. The molecule has 0 aliphatic rings. The Morgan fingerprint density at radius 3 is 2.81 bits per heavy atom. The van der Waals surface area contributed by atoms with Gasteiger partial charge in [0.15, 0.2) is 4.34 Å². The quantitative estimate of drug-likeness (QED) is 0.804. The van der Waals surface area contributed by atoms with Gasteiger partial charge in [0.05, 0.1) is 0 Å². The molecule has 0 aliphatic carbocycles. The first kappa shape index (κ1) is 10.9. The monoisotopic (exact) mass is 252 g/mol. The van der Waals surface area contributed by atoms with Crippen LogP contribution in [-0.2, 0) is 0 Å². The molecule has 2 rings (SSSR count). The summed E-state index contributed by atoms with van der Waals surface area (Å²) in [6.45, 7) is 0. The summed E-state index contributed by atoms with van der Waals surface area (Å²) >= 11 is 2.84. The van der Waals surface area contributed by atoms with Gasteiger partial charge in [0.25, 0.3) is 0 Å². The summed E-state index contributed by atoms with van der Waals surface area (Å²) in [5.41, 5.74) is 13.5. The zero-order valence-corrected chi connectivity index (χ0v) is 9.72. The molecule has 0 atom stereocenters. The molecule has 16 heavy (non-hydrogen) atoms. The van der Waals surface area contributed by atoms with Gasteiger partial charge < -0.3 is 11.5 Å². The smallest absolute Gasteiger partial charge is 0.248 e. The highest BCUT2D eigenvalue weighted by atomic mass is 32.2. The zero-order chi connectivity index (χ0) is 11.5. The minimum Gasteiger partial charge on any atom is -0.398 e. The molecule has 7 heteroatoms. The lowest BCUT2D eigenvalue weighted by molar-refractivity contribution is 0.100. The fourth-order valence-corrected chi connectivity index (χ4v) is 2.55. The van der Waals surface area contributed by atoms with Crippen molar-refractivity contribution in [3.05, 3.63) is 29.3 Å². The van der Waals surface area contributed by atoms with Gasteiger partial charge in [-0.15, -0.1) is 10.2 Å². The molecule has 0 aliphatic heterocycles. The molecule has 0 radical (unpaired) electrons. The zero-order valence-electron chi connectivity index (χ0n) is 8.08. The Labute approximate surface area is 99.9 Å². The van der Waals surface area contributed by atoms with E-state index in [0.717, 1.165) is 9.24 Å². The van der Waals surface area contributed by atoms with E-state index >= 15 is 0 Å². The summed E-state index contributed by atoms with van der Waals surface area (Å²) in [6.07, 6.45) is 0. The molecular weight excluding hydrogens is 244 g/mol. The average Bonchev–Trinajstić information content (AvgIpc) is 2.73. The standard InChI is InChI=1S/C9H8N4OS2/c10-6-3-5(8(11)14)1-2-7(6)16-9-13-12-4-15-9/h1-4H,10H2,(H2,11,14). The molecule has 1 aromatic heterocycles. The lowest BCUT2D eigenvalue weighted by Crippen LogP contribution is -2.11. The van der Waals surface area contributed by atoms with Crippen LogP contribution in [0.3, 0.4) is 0 Å². The van der Waals surface area contributed by atoms with Crippen LogP contribution < -0.4 is 11.5 Å². The highest BCUT2D eigenvalue weighted by Crippen LogP contribution is 2.32. The molecule has 82 valence electrons. The molecule has 1 amide bonds. The molecule has 0 fully saturated rings. The first-order chi connectivity index (χ1) is 7.66. The number of nitrogens with two attached hydrogens (primary N) is 2. The Morgan fingerprint density at radius 1 is 1.44 bits per heavy atom. The van der Waals surface area contributed by atoms with Gasteiger partial charge in [0.2, 0.25) is 5.91 Å². The van der Waals surface area contributed by atoms with Crippen LogP contribution in [0.1, 0.15) is 10.4 Å². The number of nitrogens with zero attached hydrogens (tertiary/aromatic N) is 2. The normalized spacial score (nSPS) is 10.2. The van der Waals surface area contributed by atoms with Crippen LogP contribution in [0, 0.1) is 0 Å². The van der Waals surface area contributed by atoms with E-state index in [4.69, 9.17) is 11.5 Å². The number of anilines is 1. The van der Waals surface area contributed by atoms with Crippen LogP contribution in [0.15, 0.2) is 32.9 Å². The third kappa shape index (κ3) is 2.31. The van der Waals surface area contributed by atoms with Crippen LogP contribution in [0.5, 0.6) is 0 Å². The number of benzene rings is 1. The topological polar surface area (TPSA) is 94.9 Å². The van der Waals surface area contributed by atoms with Crippen molar-refractivity contribution in [2.24, 2.45) is 5.73 Å². The van der Waals surface area contributed by atoms with Crippen LogP contribution in [0.2, 0.25) is 0 Å². The molecule has 0 unspecified atom stereocenters. The predicted molar refractivity (Wildman–Crippen MR) is 63.4 cm³/mol. The summed E-state index contributed by atoms with van der Waals surface area (Å²) in [4.78, 5) is 11.8. The van der Waals surface area contributed by atoms with Crippen molar-refractivity contribution >= 4 is 34.7 Å². The molecule has 0 saturated carbocycles. The number of carbonyl (C=O) groups is 1. The molecule has 0 bridgehead atoms. The van der Waals surface area contributed by atoms with E-state index in [0.29, 0.717) is 11.3 Å². The number of amides is 1. The van der Waals surface area contributed by atoms with Gasteiger partial charge in [-0.3, -0.25) is 4.79 Å². The molecular formula is C9H8N4OS2. The first-order valence-corrected chi connectivity index (χ1v) is 6.00. The first-order valence-electron chi connectivity index (χ1n) is 4.30. The minimum atomic E-state index is -0.487. The Morgan fingerprint density at radius 2 is 2.25 bits per heavy atom. The van der Waals surface area contributed by atoms with Gasteiger partial charge >= 0.3 is 0 Å². The van der Waals surface area contributed by atoms with Crippen LogP contribution in [0.4, 0.5) is 5.69 Å². The Bertz CT molecular complexity index is 512. The number of rotatable bonds is 3. The molecule has 0 spiro atoms. The maximum atomic E-state index is 10.9. The molecule has 2 aromatic rings. The van der Waals surface area contributed by atoms with Crippen molar-refractivity contribution in [1.29, 1.82) is 0 Å². The highest BCUT2D eigenvalue weighted by Gasteiger charge is 2.07. The maximum Gasteiger partial charge on any atom is 0.248 e. The molecule has 4 N–H and O–H groups in total. The number of hydrogen-bond donors (Lipinski definition) is 2. The summed E-state index contributed by atoms with van der Waals surface area (Å²) < 4.78 is 0.804. The number of aromatic nitrogens is 2. The Hall–Kier alpha value is -1.60. The minimum absolute atomic E-state index is 0.402. The highest BCUT2D eigenvalue weighted by molar-refractivity contribution is 8.01. The summed E-state index contributed by atoms with van der Waals surface area (Å²) in [7, 11) is 0. The van der Waals surface area contributed by atoms with Crippen LogP contribution in [-0.4, -0.2) is 16.1 Å². The van der Waals surface area contributed by atoms with Gasteiger partial charge in [-0.1, -0.05) is 23.1 Å². The van der Waals surface area contributed by atoms with E-state index in [1.807, 2.05) is 0 Å². The van der Waals surface area contributed by atoms with Crippen molar-refractivity contribution in [2.75, 3.05) is 5.73 Å². The van der Waals surface area contributed by atoms with E-state index in [1.165, 1.54) is 23.1 Å². The van der Waals surface area contributed by atoms with Crippen LogP contribution >= 0.6 is 23.1 Å². The van der Waals surface area contributed by atoms with Gasteiger partial charge in [-0.25, -0.2) is 0 Å². The van der Waals surface area contributed by atoms with Crippen LogP contribution in [0.25, 0.3) is 0 Å².